The molecule has 0 N–H and O–H groups in total. The molecule has 0 spiro atoms. The minimum atomic E-state index is 0.143. The second-order valence-electron chi connectivity index (χ2n) is 20.1. The van der Waals surface area contributed by atoms with Gasteiger partial charge in [0, 0.05) is 43.7 Å². The lowest BCUT2D eigenvalue weighted by molar-refractivity contribution is 0.668. The van der Waals surface area contributed by atoms with Crippen LogP contribution in [-0.4, -0.2) is 0 Å². The molecule has 2 aromatic heterocycles. The third-order valence-electron chi connectivity index (χ3n) is 15.3. The number of benzene rings is 12. The first-order valence-electron chi connectivity index (χ1n) is 25.3. The minimum absolute atomic E-state index is 0.143. The number of rotatable bonds is 8. The number of nitrogens with zero attached hydrogens (tertiary/aromatic N) is 4. The number of fused-ring (bicyclic) bond motifs is 8. The predicted octanol–water partition coefficient (Wildman–Crippen LogP) is 20.3. The van der Waals surface area contributed by atoms with Crippen LogP contribution in [-0.2, 0) is 0 Å². The van der Waals surface area contributed by atoms with Crippen molar-refractivity contribution in [1.82, 2.24) is 0 Å². The van der Waals surface area contributed by atoms with E-state index in [2.05, 4.69) is 170 Å². The monoisotopic (exact) mass is 950 g/mol. The summed E-state index contributed by atoms with van der Waals surface area (Å²) < 4.78 is 13.8. The first kappa shape index (κ1) is 43.2. The molecule has 0 unspecified atom stereocenters. The molecule has 0 aliphatic heterocycles. The molecule has 0 aliphatic carbocycles. The Bertz CT molecular complexity index is 4430. The van der Waals surface area contributed by atoms with Crippen LogP contribution < -0.4 is 9.80 Å². The number of nitriles is 1. The predicted molar refractivity (Wildman–Crippen MR) is 308 cm³/mol. The molecule has 0 atom stereocenters. The van der Waals surface area contributed by atoms with E-state index in [9.17, 15) is 5.26 Å². The zero-order chi connectivity index (χ0) is 49.9. The van der Waals surface area contributed by atoms with Crippen LogP contribution in [0.2, 0.25) is 0 Å². The number of furan rings is 2. The van der Waals surface area contributed by atoms with Gasteiger partial charge in [-0.1, -0.05) is 161 Å². The van der Waals surface area contributed by atoms with E-state index in [-0.39, 0.29) is 11.8 Å². The van der Waals surface area contributed by atoms with Crippen LogP contribution in [0.25, 0.3) is 103 Å². The minimum Gasteiger partial charge on any atom is -0.454 e. The highest BCUT2D eigenvalue weighted by Crippen LogP contribution is 2.54. The highest BCUT2D eigenvalue weighted by atomic mass is 16.3. The summed E-state index contributed by atoms with van der Waals surface area (Å²) in [6.07, 6.45) is 0. The summed E-state index contributed by atoms with van der Waals surface area (Å²) in [6, 6.07) is 70.6. The number of para-hydroxylation sites is 4. The smallest absolute Gasteiger partial charge is 0.196 e. The largest absolute Gasteiger partial charge is 0.454 e. The van der Waals surface area contributed by atoms with Gasteiger partial charge < -0.3 is 18.6 Å². The van der Waals surface area contributed by atoms with Crippen molar-refractivity contribution in [1.29, 1.82) is 5.26 Å². The Morgan fingerprint density at radius 1 is 0.419 bits per heavy atom. The Balaban J connectivity index is 1.13. The first-order chi connectivity index (χ1) is 36.3. The maximum absolute atomic E-state index is 10.8. The highest BCUT2D eigenvalue weighted by Gasteiger charge is 2.29. The van der Waals surface area contributed by atoms with E-state index < -0.39 is 0 Å². The van der Waals surface area contributed by atoms with Crippen LogP contribution in [0.4, 0.5) is 39.8 Å². The van der Waals surface area contributed by atoms with Gasteiger partial charge in [0.05, 0.1) is 41.0 Å². The first-order valence-corrected chi connectivity index (χ1v) is 25.3. The van der Waals surface area contributed by atoms with Crippen molar-refractivity contribution in [3.8, 4) is 6.07 Å². The van der Waals surface area contributed by atoms with E-state index in [4.69, 9.17) is 15.4 Å². The summed E-state index contributed by atoms with van der Waals surface area (Å²) in [5.41, 5.74) is 12.2. The highest BCUT2D eigenvalue weighted by molar-refractivity contribution is 6.30. The van der Waals surface area contributed by atoms with Crippen molar-refractivity contribution >= 4 is 138 Å². The number of hydrogen-bond acceptors (Lipinski definition) is 5. The fourth-order valence-corrected chi connectivity index (χ4v) is 12.0. The van der Waals surface area contributed by atoms with Gasteiger partial charge in [-0.25, -0.2) is 4.85 Å². The molecule has 14 aromatic rings. The summed E-state index contributed by atoms with van der Waals surface area (Å²) in [5, 5.41) is 25.6. The summed E-state index contributed by atoms with van der Waals surface area (Å²) in [4.78, 5) is 8.80. The van der Waals surface area contributed by atoms with Crippen molar-refractivity contribution in [2.75, 3.05) is 9.80 Å². The van der Waals surface area contributed by atoms with E-state index in [1.165, 1.54) is 21.9 Å². The summed E-state index contributed by atoms with van der Waals surface area (Å²) >= 11 is 0. The molecule has 350 valence electrons. The van der Waals surface area contributed by atoms with Crippen LogP contribution in [0.15, 0.2) is 203 Å². The van der Waals surface area contributed by atoms with Gasteiger partial charge in [0.15, 0.2) is 16.9 Å². The van der Waals surface area contributed by atoms with Gasteiger partial charge in [-0.3, -0.25) is 0 Å². The zero-order valence-electron chi connectivity index (χ0n) is 41.2. The molecular formula is C68H46N4O2. The molecule has 6 nitrogen and oxygen atoms in total. The lowest BCUT2D eigenvalue weighted by atomic mass is 9.84. The Hall–Kier alpha value is -9.62. The standard InChI is InChI=1S/C68H46N4O2/c1-39(2)56-36-61(71(44-32-41-16-6-8-18-46(41)43(34-44)38-69)59-24-14-22-52-48-20-10-12-26-63(48)73-67(52)59)54-30-28-51-57(40(3)4)37-62(55-31-29-50(56)65(54)66(51)55)72(45-33-42-17-7-9-19-47(42)58(35-45)70-5)60-25-15-23-53-49-21-11-13-27-64(49)74-68(53)60/h6-37,39-40H,1-4H3. The number of hydrogen-bond donors (Lipinski definition) is 0. The normalized spacial score (nSPS) is 12.0. The average molecular weight is 951 g/mol. The summed E-state index contributed by atoms with van der Waals surface area (Å²) in [5.74, 6) is 0.287. The molecule has 2 heterocycles. The SMILES string of the molecule is [C-]#[N+]c1cc(N(c2cc(C(C)C)c3ccc4c(N(c5cc(C#N)c6ccccc6c5)c5cccc6c5oc5ccccc56)cc(C(C)C)c5ccc2c3c54)c2cccc3c2oc2ccccc23)cc2ccccc12. The maximum Gasteiger partial charge on any atom is 0.196 e. The van der Waals surface area contributed by atoms with Crippen molar-refractivity contribution in [2.45, 2.75) is 39.5 Å². The average Bonchev–Trinajstić information content (AvgIpc) is 4.09. The van der Waals surface area contributed by atoms with E-state index in [0.29, 0.717) is 11.3 Å². The quantitative estimate of drug-likeness (QED) is 0.112. The van der Waals surface area contributed by atoms with Gasteiger partial charge >= 0.3 is 0 Å². The summed E-state index contributed by atoms with van der Waals surface area (Å²) in [6.45, 7) is 17.6. The van der Waals surface area contributed by atoms with Gasteiger partial charge in [-0.2, -0.15) is 5.26 Å². The van der Waals surface area contributed by atoms with E-state index in [1.807, 2.05) is 72.8 Å². The molecule has 0 aliphatic rings. The fraction of sp³-hybridized carbons (Fsp3) is 0.0882. The molecular weight excluding hydrogens is 905 g/mol. The van der Waals surface area contributed by atoms with Crippen LogP contribution in [0.3, 0.4) is 0 Å². The molecule has 0 radical (unpaired) electrons. The van der Waals surface area contributed by atoms with Gasteiger partial charge in [-0.05, 0) is 127 Å². The third kappa shape index (κ3) is 6.35. The molecule has 0 fully saturated rings. The second kappa shape index (κ2) is 16.5. The molecule has 14 rings (SSSR count). The Morgan fingerprint density at radius 3 is 1.35 bits per heavy atom. The van der Waals surface area contributed by atoms with Crippen LogP contribution >= 0.6 is 0 Å². The second-order valence-corrected chi connectivity index (χ2v) is 20.1. The Labute approximate surface area is 427 Å². The van der Waals surface area contributed by atoms with Crippen molar-refractivity contribution in [3.05, 3.63) is 222 Å². The molecule has 12 aromatic carbocycles. The lowest BCUT2D eigenvalue weighted by Crippen LogP contribution is -2.13. The van der Waals surface area contributed by atoms with Gasteiger partial charge in [0.2, 0.25) is 0 Å². The van der Waals surface area contributed by atoms with Gasteiger partial charge in [-0.15, -0.1) is 0 Å². The van der Waals surface area contributed by atoms with Gasteiger partial charge in [0.1, 0.15) is 11.2 Å². The van der Waals surface area contributed by atoms with Gasteiger partial charge in [0.25, 0.3) is 0 Å². The topological polar surface area (TPSA) is 60.9 Å². The van der Waals surface area contributed by atoms with Crippen LogP contribution in [0.1, 0.15) is 56.2 Å². The van der Waals surface area contributed by atoms with Crippen LogP contribution in [0.5, 0.6) is 0 Å². The molecule has 0 amide bonds. The molecule has 6 heteroatoms. The van der Waals surface area contributed by atoms with Crippen molar-refractivity contribution < 1.29 is 8.83 Å². The van der Waals surface area contributed by atoms with Crippen molar-refractivity contribution in [2.24, 2.45) is 0 Å². The Kier molecular flexibility index (Phi) is 9.61. The fourth-order valence-electron chi connectivity index (χ4n) is 12.0. The molecule has 0 saturated heterocycles. The Morgan fingerprint density at radius 2 is 0.851 bits per heavy atom. The van der Waals surface area contributed by atoms with E-state index in [1.54, 1.807) is 0 Å². The molecule has 0 saturated carbocycles. The zero-order valence-corrected chi connectivity index (χ0v) is 41.2. The van der Waals surface area contributed by atoms with Crippen LogP contribution in [0, 0.1) is 17.9 Å². The molecule has 0 bridgehead atoms. The number of anilines is 6. The van der Waals surface area contributed by atoms with E-state index >= 15 is 0 Å². The maximum atomic E-state index is 10.8. The lowest BCUT2D eigenvalue weighted by Gasteiger charge is -2.32. The molecule has 74 heavy (non-hydrogen) atoms. The third-order valence-corrected chi connectivity index (χ3v) is 15.3. The summed E-state index contributed by atoms with van der Waals surface area (Å²) in [7, 11) is 0. The van der Waals surface area contributed by atoms with E-state index in [0.717, 1.165) is 121 Å². The van der Waals surface area contributed by atoms with Crippen molar-refractivity contribution in [3.63, 3.8) is 0 Å².